The molecule has 9 heteroatoms. The number of morpholine rings is 1. The van der Waals surface area contributed by atoms with Crippen LogP contribution in [0.25, 0.3) is 0 Å². The van der Waals surface area contributed by atoms with Gasteiger partial charge in [-0.3, -0.25) is 9.89 Å². The second kappa shape index (κ2) is 8.99. The lowest BCUT2D eigenvalue weighted by Gasteiger charge is -2.41. The van der Waals surface area contributed by atoms with Gasteiger partial charge in [-0.25, -0.2) is 9.67 Å². The molecule has 152 valence electrons. The van der Waals surface area contributed by atoms with Gasteiger partial charge in [-0.15, -0.1) is 0 Å². The van der Waals surface area contributed by atoms with Crippen molar-refractivity contribution in [3.05, 3.63) is 11.6 Å². The largest absolute Gasteiger partial charge is 0.379 e. The minimum Gasteiger partial charge on any atom is -0.379 e. The Morgan fingerprint density at radius 1 is 1.37 bits per heavy atom. The Kier molecular flexibility index (Phi) is 6.67. The van der Waals surface area contributed by atoms with Crippen LogP contribution in [-0.2, 0) is 29.0 Å². The normalized spacial score (nSPS) is 21.8. The van der Waals surface area contributed by atoms with E-state index in [0.717, 1.165) is 69.8 Å². The predicted octanol–water partition coefficient (Wildman–Crippen LogP) is 0.0151. The van der Waals surface area contributed by atoms with Crippen LogP contribution in [0.3, 0.4) is 0 Å². The minimum absolute atomic E-state index is 0.0437. The van der Waals surface area contributed by atoms with Crippen LogP contribution in [0.4, 0.5) is 0 Å². The number of nitrogens with one attached hydrogen (secondary N) is 2. The third-order valence-corrected chi connectivity index (χ3v) is 5.30. The fourth-order valence-corrected chi connectivity index (χ4v) is 3.64. The Labute approximate surface area is 161 Å². The maximum Gasteiger partial charge on any atom is 0.191 e. The molecule has 1 aromatic heterocycles. The summed E-state index contributed by atoms with van der Waals surface area (Å²) < 4.78 is 12.6. The molecule has 2 N–H and O–H groups in total. The van der Waals surface area contributed by atoms with E-state index < -0.39 is 0 Å². The maximum atomic E-state index is 5.47. The molecule has 0 aliphatic carbocycles. The van der Waals surface area contributed by atoms with Gasteiger partial charge in [0.1, 0.15) is 12.4 Å². The zero-order valence-corrected chi connectivity index (χ0v) is 17.0. The Bertz CT molecular complexity index is 638. The molecule has 3 heterocycles. The number of hydrogen-bond acceptors (Lipinski definition) is 6. The van der Waals surface area contributed by atoms with E-state index in [1.807, 2.05) is 11.7 Å². The SMILES string of the molecule is CN=C(NCC(C)(C)N1CCOCC1)NC1CCc2nc(COC)nn2C1. The lowest BCUT2D eigenvalue weighted by Crippen LogP contribution is -2.57. The van der Waals surface area contributed by atoms with E-state index in [1.54, 1.807) is 7.11 Å². The summed E-state index contributed by atoms with van der Waals surface area (Å²) in [4.78, 5) is 11.4. The van der Waals surface area contributed by atoms with Gasteiger partial charge in [0.15, 0.2) is 11.8 Å². The molecule has 0 saturated carbocycles. The number of aliphatic imine (C=N–C) groups is 1. The second-order valence-corrected chi connectivity index (χ2v) is 7.78. The highest BCUT2D eigenvalue weighted by molar-refractivity contribution is 5.80. The molecular weight excluding hydrogens is 346 g/mol. The molecule has 0 amide bonds. The second-order valence-electron chi connectivity index (χ2n) is 7.78. The van der Waals surface area contributed by atoms with Crippen molar-refractivity contribution in [1.29, 1.82) is 0 Å². The molecule has 0 aromatic carbocycles. The van der Waals surface area contributed by atoms with E-state index in [2.05, 4.69) is 44.5 Å². The van der Waals surface area contributed by atoms with Gasteiger partial charge in [-0.05, 0) is 20.3 Å². The highest BCUT2D eigenvalue weighted by atomic mass is 16.5. The van der Waals surface area contributed by atoms with Crippen LogP contribution in [0.2, 0.25) is 0 Å². The molecule has 3 rings (SSSR count). The summed E-state index contributed by atoms with van der Waals surface area (Å²) in [7, 11) is 3.48. The van der Waals surface area contributed by atoms with E-state index in [1.165, 1.54) is 0 Å². The van der Waals surface area contributed by atoms with Crippen LogP contribution in [0, 0.1) is 0 Å². The third-order valence-electron chi connectivity index (χ3n) is 5.30. The zero-order valence-electron chi connectivity index (χ0n) is 17.0. The number of nitrogens with zero attached hydrogens (tertiary/aromatic N) is 5. The molecule has 9 nitrogen and oxygen atoms in total. The van der Waals surface area contributed by atoms with Crippen molar-refractivity contribution in [3.8, 4) is 0 Å². The van der Waals surface area contributed by atoms with Crippen molar-refractivity contribution in [2.75, 3.05) is 47.0 Å². The molecule has 0 spiro atoms. The molecule has 1 saturated heterocycles. The summed E-state index contributed by atoms with van der Waals surface area (Å²) >= 11 is 0. The fraction of sp³-hybridized carbons (Fsp3) is 0.833. The topological polar surface area (TPSA) is 88.8 Å². The van der Waals surface area contributed by atoms with Gasteiger partial charge in [0.2, 0.25) is 0 Å². The van der Waals surface area contributed by atoms with E-state index in [0.29, 0.717) is 6.61 Å². The molecule has 0 bridgehead atoms. The molecule has 2 aliphatic rings. The van der Waals surface area contributed by atoms with E-state index in [9.17, 15) is 0 Å². The standard InChI is InChI=1S/C18H33N7O2/c1-18(2,24-7-9-27-10-8-24)13-20-17(19-3)21-14-5-6-16-22-15(12-26-4)23-25(16)11-14/h14H,5-13H2,1-4H3,(H2,19,20,21). The van der Waals surface area contributed by atoms with Crippen LogP contribution in [0.5, 0.6) is 0 Å². The van der Waals surface area contributed by atoms with Gasteiger partial charge in [0, 0.05) is 51.8 Å². The van der Waals surface area contributed by atoms with Gasteiger partial charge >= 0.3 is 0 Å². The van der Waals surface area contributed by atoms with Crippen molar-refractivity contribution in [3.63, 3.8) is 0 Å². The fourth-order valence-electron chi connectivity index (χ4n) is 3.64. The van der Waals surface area contributed by atoms with E-state index in [4.69, 9.17) is 9.47 Å². The number of ether oxygens (including phenoxy) is 2. The summed E-state index contributed by atoms with van der Waals surface area (Å²) in [5.41, 5.74) is 0.0437. The van der Waals surface area contributed by atoms with Gasteiger partial charge in [-0.2, -0.15) is 5.10 Å². The number of guanidine groups is 1. The first-order valence-corrected chi connectivity index (χ1v) is 9.73. The number of fused-ring (bicyclic) bond motifs is 1. The molecule has 0 radical (unpaired) electrons. The molecule has 1 atom stereocenters. The minimum atomic E-state index is 0.0437. The first kappa shape index (κ1) is 20.0. The Morgan fingerprint density at radius 2 is 2.15 bits per heavy atom. The van der Waals surface area contributed by atoms with Crippen LogP contribution in [0.15, 0.2) is 4.99 Å². The maximum absolute atomic E-state index is 5.47. The van der Waals surface area contributed by atoms with Gasteiger partial charge in [-0.1, -0.05) is 0 Å². The lowest BCUT2D eigenvalue weighted by molar-refractivity contribution is -0.00835. The number of aromatic nitrogens is 3. The van der Waals surface area contributed by atoms with Crippen LogP contribution >= 0.6 is 0 Å². The average molecular weight is 380 g/mol. The summed E-state index contributed by atoms with van der Waals surface area (Å²) in [5, 5.41) is 11.6. The highest BCUT2D eigenvalue weighted by Crippen LogP contribution is 2.16. The number of aryl methyl sites for hydroxylation is 1. The summed E-state index contributed by atoms with van der Waals surface area (Å²) in [6.07, 6.45) is 1.92. The van der Waals surface area contributed by atoms with Crippen LogP contribution in [0.1, 0.15) is 31.9 Å². The molecule has 2 aliphatic heterocycles. The summed E-state index contributed by atoms with van der Waals surface area (Å²) in [6.45, 7) is 10.2. The van der Waals surface area contributed by atoms with Crippen molar-refractivity contribution in [1.82, 2.24) is 30.3 Å². The number of hydrogen-bond donors (Lipinski definition) is 2. The Balaban J connectivity index is 1.51. The quantitative estimate of drug-likeness (QED) is 0.532. The Hall–Kier alpha value is -1.71. The number of methoxy groups -OCH3 is 1. The average Bonchev–Trinajstić information content (AvgIpc) is 3.07. The summed E-state index contributed by atoms with van der Waals surface area (Å²) in [5.74, 6) is 2.63. The molecule has 1 aromatic rings. The van der Waals surface area contributed by atoms with Crippen LogP contribution < -0.4 is 10.6 Å². The van der Waals surface area contributed by atoms with E-state index >= 15 is 0 Å². The monoisotopic (exact) mass is 379 g/mol. The molecule has 27 heavy (non-hydrogen) atoms. The van der Waals surface area contributed by atoms with E-state index in [-0.39, 0.29) is 11.6 Å². The predicted molar refractivity (Wildman–Crippen MR) is 104 cm³/mol. The molecule has 1 fully saturated rings. The van der Waals surface area contributed by atoms with Crippen molar-refractivity contribution < 1.29 is 9.47 Å². The molecular formula is C18H33N7O2. The highest BCUT2D eigenvalue weighted by Gasteiger charge is 2.29. The third kappa shape index (κ3) is 5.18. The number of rotatable bonds is 6. The smallest absolute Gasteiger partial charge is 0.191 e. The zero-order chi connectivity index (χ0) is 19.3. The lowest BCUT2D eigenvalue weighted by atomic mass is 10.0. The van der Waals surface area contributed by atoms with Crippen LogP contribution in [-0.4, -0.2) is 84.2 Å². The van der Waals surface area contributed by atoms with Gasteiger partial charge < -0.3 is 20.1 Å². The van der Waals surface area contributed by atoms with Crippen molar-refractivity contribution in [2.45, 2.75) is 51.4 Å². The van der Waals surface area contributed by atoms with Gasteiger partial charge in [0.25, 0.3) is 0 Å². The van der Waals surface area contributed by atoms with Crippen molar-refractivity contribution in [2.24, 2.45) is 4.99 Å². The summed E-state index contributed by atoms with van der Waals surface area (Å²) in [6, 6.07) is 0.285. The van der Waals surface area contributed by atoms with Crippen molar-refractivity contribution >= 4 is 5.96 Å². The first-order chi connectivity index (χ1) is 13.0. The molecule has 1 unspecified atom stereocenters. The first-order valence-electron chi connectivity index (χ1n) is 9.73. The van der Waals surface area contributed by atoms with Gasteiger partial charge in [0.05, 0.1) is 19.8 Å². The Morgan fingerprint density at radius 3 is 2.85 bits per heavy atom.